The molecule has 0 radical (unpaired) electrons. The summed E-state index contributed by atoms with van der Waals surface area (Å²) in [7, 11) is 3.79. The van der Waals surface area contributed by atoms with E-state index in [1.807, 2.05) is 25.9 Å². The van der Waals surface area contributed by atoms with E-state index < -0.39 is 34.7 Å². The van der Waals surface area contributed by atoms with Crippen LogP contribution in [-0.2, 0) is 19.9 Å². The minimum absolute atomic E-state index is 0.153. The number of carbonyl (C=O) groups is 3. The SMILES string of the molecule is CCN1C(=O)C2(C(=C(O)c3ccc(F)cc3)C(=O)C(=O)N2CCCN(C)C)c2ccccc21. The molecule has 1 atom stereocenters. The number of aliphatic hydroxyl groups is 1. The van der Waals surface area contributed by atoms with Gasteiger partial charge in [0.15, 0.2) is 5.54 Å². The Labute approximate surface area is 191 Å². The zero-order valence-corrected chi connectivity index (χ0v) is 18.8. The molecule has 1 fully saturated rings. The molecule has 2 aromatic rings. The molecule has 33 heavy (non-hydrogen) atoms. The number of anilines is 1. The van der Waals surface area contributed by atoms with E-state index in [0.717, 1.165) is 12.1 Å². The summed E-state index contributed by atoms with van der Waals surface area (Å²) in [5, 5.41) is 11.2. The van der Waals surface area contributed by atoms with Crippen molar-refractivity contribution in [2.24, 2.45) is 0 Å². The summed E-state index contributed by atoms with van der Waals surface area (Å²) in [6, 6.07) is 11.9. The largest absolute Gasteiger partial charge is 0.507 e. The summed E-state index contributed by atoms with van der Waals surface area (Å²) in [4.78, 5) is 45.4. The fraction of sp³-hybridized carbons (Fsp3) is 0.320. The number of ketones is 1. The van der Waals surface area contributed by atoms with E-state index in [9.17, 15) is 23.9 Å². The van der Waals surface area contributed by atoms with Crippen LogP contribution >= 0.6 is 0 Å². The van der Waals surface area contributed by atoms with Gasteiger partial charge < -0.3 is 19.8 Å². The zero-order chi connectivity index (χ0) is 23.9. The molecule has 1 N–H and O–H groups in total. The lowest BCUT2D eigenvalue weighted by Gasteiger charge is -2.34. The Bertz CT molecular complexity index is 1160. The maximum Gasteiger partial charge on any atom is 0.296 e. The number of likely N-dealkylation sites (N-methyl/N-ethyl adjacent to an activating group) is 1. The molecule has 1 spiro atoms. The van der Waals surface area contributed by atoms with Gasteiger partial charge in [-0.25, -0.2) is 4.39 Å². The molecule has 8 heteroatoms. The second kappa shape index (κ2) is 8.44. The van der Waals surface area contributed by atoms with Crippen LogP contribution in [0.3, 0.4) is 0 Å². The first-order valence-electron chi connectivity index (χ1n) is 10.9. The number of hydrogen-bond acceptors (Lipinski definition) is 5. The normalized spacial score (nSPS) is 21.5. The smallest absolute Gasteiger partial charge is 0.296 e. The summed E-state index contributed by atoms with van der Waals surface area (Å²) >= 11 is 0. The molecule has 0 aromatic heterocycles. The van der Waals surface area contributed by atoms with E-state index >= 15 is 0 Å². The van der Waals surface area contributed by atoms with E-state index in [-0.39, 0.29) is 17.7 Å². The Morgan fingerprint density at radius 2 is 1.73 bits per heavy atom. The molecule has 172 valence electrons. The number of nitrogens with zero attached hydrogens (tertiary/aromatic N) is 3. The lowest BCUT2D eigenvalue weighted by atomic mass is 9.82. The molecule has 2 aromatic carbocycles. The van der Waals surface area contributed by atoms with Crippen molar-refractivity contribution in [3.05, 3.63) is 71.0 Å². The van der Waals surface area contributed by atoms with Crippen molar-refractivity contribution in [1.82, 2.24) is 9.80 Å². The summed E-state index contributed by atoms with van der Waals surface area (Å²) < 4.78 is 13.5. The van der Waals surface area contributed by atoms with Gasteiger partial charge in [0.05, 0.1) is 11.3 Å². The summed E-state index contributed by atoms with van der Waals surface area (Å²) in [6.45, 7) is 2.94. The first kappa shape index (κ1) is 22.7. The summed E-state index contributed by atoms with van der Waals surface area (Å²) in [5.74, 6) is -3.23. The summed E-state index contributed by atoms with van der Waals surface area (Å²) in [6.07, 6.45) is 0.528. The van der Waals surface area contributed by atoms with Crippen LogP contribution in [-0.4, -0.2) is 66.2 Å². The molecule has 2 amide bonds. The van der Waals surface area contributed by atoms with Gasteiger partial charge in [-0.15, -0.1) is 0 Å². The fourth-order valence-electron chi connectivity index (χ4n) is 4.78. The average Bonchev–Trinajstić information content (AvgIpc) is 3.17. The molecule has 2 heterocycles. The van der Waals surface area contributed by atoms with Gasteiger partial charge in [-0.2, -0.15) is 0 Å². The van der Waals surface area contributed by atoms with Crippen molar-refractivity contribution in [3.8, 4) is 0 Å². The predicted octanol–water partition coefficient (Wildman–Crippen LogP) is 2.72. The van der Waals surface area contributed by atoms with Gasteiger partial charge >= 0.3 is 0 Å². The first-order chi connectivity index (χ1) is 15.7. The molecular formula is C25H26FN3O4. The number of likely N-dealkylation sites (tertiary alicyclic amines) is 1. The molecule has 1 saturated heterocycles. The molecule has 0 bridgehead atoms. The third-order valence-electron chi connectivity index (χ3n) is 6.23. The van der Waals surface area contributed by atoms with Crippen LogP contribution in [0, 0.1) is 5.82 Å². The van der Waals surface area contributed by atoms with Crippen molar-refractivity contribution < 1.29 is 23.9 Å². The second-order valence-electron chi connectivity index (χ2n) is 8.45. The molecule has 4 rings (SSSR count). The highest BCUT2D eigenvalue weighted by Crippen LogP contribution is 2.53. The van der Waals surface area contributed by atoms with Crippen molar-refractivity contribution in [2.75, 3.05) is 38.6 Å². The van der Waals surface area contributed by atoms with Crippen molar-refractivity contribution in [1.29, 1.82) is 0 Å². The van der Waals surface area contributed by atoms with Gasteiger partial charge in [-0.05, 0) is 64.3 Å². The number of fused-ring (bicyclic) bond motifs is 2. The Balaban J connectivity index is 1.99. The molecule has 7 nitrogen and oxygen atoms in total. The van der Waals surface area contributed by atoms with Crippen molar-refractivity contribution in [2.45, 2.75) is 18.9 Å². The molecule has 2 aliphatic rings. The van der Waals surface area contributed by atoms with Crippen LogP contribution in [0.1, 0.15) is 24.5 Å². The molecule has 2 aliphatic heterocycles. The van der Waals surface area contributed by atoms with E-state index in [4.69, 9.17) is 0 Å². The van der Waals surface area contributed by atoms with Crippen LogP contribution < -0.4 is 4.90 Å². The van der Waals surface area contributed by atoms with Crippen LogP contribution in [0.4, 0.5) is 10.1 Å². The maximum atomic E-state index is 14.0. The molecular weight excluding hydrogens is 425 g/mol. The van der Waals surface area contributed by atoms with E-state index in [1.54, 1.807) is 24.3 Å². The Kier molecular flexibility index (Phi) is 5.80. The van der Waals surface area contributed by atoms with E-state index in [1.165, 1.54) is 21.9 Å². The highest BCUT2D eigenvalue weighted by molar-refractivity contribution is 6.50. The van der Waals surface area contributed by atoms with Gasteiger partial charge in [0.1, 0.15) is 11.6 Å². The predicted molar refractivity (Wildman–Crippen MR) is 122 cm³/mol. The highest BCUT2D eigenvalue weighted by Gasteiger charge is 2.66. The fourth-order valence-corrected chi connectivity index (χ4v) is 4.78. The zero-order valence-electron chi connectivity index (χ0n) is 18.8. The minimum Gasteiger partial charge on any atom is -0.507 e. The molecule has 0 saturated carbocycles. The molecule has 0 aliphatic carbocycles. The highest BCUT2D eigenvalue weighted by atomic mass is 19.1. The van der Waals surface area contributed by atoms with E-state index in [0.29, 0.717) is 30.8 Å². The standard InChI is InChI=1S/C25H26FN3O4/c1-4-28-19-9-6-5-8-18(19)25(24(28)33)20(21(30)16-10-12-17(26)13-11-16)22(31)23(32)29(25)15-7-14-27(2)3/h5-6,8-13,30H,4,7,14-15H2,1-3H3. The third-order valence-corrected chi connectivity index (χ3v) is 6.23. The van der Waals surface area contributed by atoms with Crippen LogP contribution in [0.25, 0.3) is 5.76 Å². The maximum absolute atomic E-state index is 14.0. The van der Waals surface area contributed by atoms with Crippen LogP contribution in [0.5, 0.6) is 0 Å². The lowest BCUT2D eigenvalue weighted by molar-refractivity contribution is -0.143. The van der Waals surface area contributed by atoms with Crippen molar-refractivity contribution >= 4 is 29.0 Å². The van der Waals surface area contributed by atoms with Gasteiger partial charge in [-0.3, -0.25) is 14.4 Å². The number of carbonyl (C=O) groups excluding carboxylic acids is 3. The number of hydrogen-bond donors (Lipinski definition) is 1. The number of aliphatic hydroxyl groups excluding tert-OH is 1. The Morgan fingerprint density at radius 3 is 2.36 bits per heavy atom. The lowest BCUT2D eigenvalue weighted by Crippen LogP contribution is -2.52. The van der Waals surface area contributed by atoms with E-state index in [2.05, 4.69) is 0 Å². The van der Waals surface area contributed by atoms with Gasteiger partial charge in [-0.1, -0.05) is 18.2 Å². The van der Waals surface area contributed by atoms with Gasteiger partial charge in [0.25, 0.3) is 17.6 Å². The van der Waals surface area contributed by atoms with Crippen LogP contribution in [0.2, 0.25) is 0 Å². The van der Waals surface area contributed by atoms with Crippen molar-refractivity contribution in [3.63, 3.8) is 0 Å². The van der Waals surface area contributed by atoms with Gasteiger partial charge in [0, 0.05) is 24.2 Å². The second-order valence-corrected chi connectivity index (χ2v) is 8.45. The Hall–Kier alpha value is -3.52. The minimum atomic E-state index is -1.77. The monoisotopic (exact) mass is 451 g/mol. The topological polar surface area (TPSA) is 81.2 Å². The Morgan fingerprint density at radius 1 is 1.06 bits per heavy atom. The average molecular weight is 451 g/mol. The number of benzene rings is 2. The number of Topliss-reactive ketones (excluding diaryl/α,β-unsaturated/α-hetero) is 1. The number of amides is 2. The number of halogens is 1. The number of para-hydroxylation sites is 1. The third kappa shape index (κ3) is 3.33. The number of rotatable bonds is 6. The van der Waals surface area contributed by atoms with Crippen LogP contribution in [0.15, 0.2) is 54.1 Å². The quantitative estimate of drug-likeness (QED) is 0.415. The summed E-state index contributed by atoms with van der Waals surface area (Å²) in [5.41, 5.74) is -0.829. The molecule has 1 unspecified atom stereocenters. The van der Waals surface area contributed by atoms with Gasteiger partial charge in [0.2, 0.25) is 0 Å². The first-order valence-corrected chi connectivity index (χ1v) is 10.9.